The summed E-state index contributed by atoms with van der Waals surface area (Å²) in [6, 6.07) is 6.10. The van der Waals surface area contributed by atoms with E-state index in [1.165, 1.54) is 12.1 Å². The van der Waals surface area contributed by atoms with Crippen LogP contribution in [0, 0.1) is 0 Å². The SMILES string of the molecule is COC(=O)C[C@]1(O)[C@@H](Oc2ccc(N)cc2)O[C@H](CO)[C@H](O)[C@@H]1O. The van der Waals surface area contributed by atoms with Gasteiger partial charge in [-0.1, -0.05) is 0 Å². The van der Waals surface area contributed by atoms with E-state index in [9.17, 15) is 25.2 Å². The first-order valence-electron chi connectivity index (χ1n) is 7.25. The van der Waals surface area contributed by atoms with Crippen LogP contribution in [0.4, 0.5) is 5.69 Å². The van der Waals surface area contributed by atoms with Gasteiger partial charge >= 0.3 is 5.97 Å². The molecule has 1 aliphatic heterocycles. The molecule has 1 fully saturated rings. The Morgan fingerprint density at radius 2 is 1.96 bits per heavy atom. The smallest absolute Gasteiger partial charge is 0.308 e. The predicted octanol–water partition coefficient (Wildman–Crippen LogP) is -1.62. The van der Waals surface area contributed by atoms with Crippen molar-refractivity contribution in [3.05, 3.63) is 24.3 Å². The zero-order chi connectivity index (χ0) is 17.9. The first kappa shape index (κ1) is 18.4. The molecule has 1 aromatic carbocycles. The highest BCUT2D eigenvalue weighted by molar-refractivity contribution is 5.70. The molecule has 9 heteroatoms. The third kappa shape index (κ3) is 3.60. The Kier molecular flexibility index (Phi) is 5.62. The number of nitrogens with two attached hydrogens (primary N) is 1. The van der Waals surface area contributed by atoms with E-state index in [2.05, 4.69) is 4.74 Å². The molecule has 6 N–H and O–H groups in total. The number of aliphatic hydroxyl groups is 4. The summed E-state index contributed by atoms with van der Waals surface area (Å²) in [5, 5.41) is 40.2. The van der Waals surface area contributed by atoms with Crippen molar-refractivity contribution >= 4 is 11.7 Å². The van der Waals surface area contributed by atoms with E-state index in [4.69, 9.17) is 15.2 Å². The van der Waals surface area contributed by atoms with Crippen molar-refractivity contribution in [3.63, 3.8) is 0 Å². The van der Waals surface area contributed by atoms with Crippen molar-refractivity contribution < 1.29 is 39.4 Å². The lowest BCUT2D eigenvalue weighted by Gasteiger charge is -2.47. The van der Waals surface area contributed by atoms with Crippen molar-refractivity contribution in [2.75, 3.05) is 19.5 Å². The molecule has 0 spiro atoms. The van der Waals surface area contributed by atoms with E-state index in [0.717, 1.165) is 7.11 Å². The molecule has 0 amide bonds. The number of methoxy groups -OCH3 is 1. The van der Waals surface area contributed by atoms with Crippen LogP contribution in [0.5, 0.6) is 5.75 Å². The molecule has 0 unspecified atom stereocenters. The van der Waals surface area contributed by atoms with Gasteiger partial charge in [0.1, 0.15) is 24.1 Å². The second-order valence-electron chi connectivity index (χ2n) is 5.56. The maximum absolute atomic E-state index is 11.6. The zero-order valence-electron chi connectivity index (χ0n) is 13.0. The molecule has 1 aliphatic rings. The van der Waals surface area contributed by atoms with E-state index >= 15 is 0 Å². The second kappa shape index (κ2) is 7.32. The molecule has 0 aliphatic carbocycles. The van der Waals surface area contributed by atoms with Gasteiger partial charge in [-0.05, 0) is 24.3 Å². The van der Waals surface area contributed by atoms with Crippen LogP contribution in [0.3, 0.4) is 0 Å². The molecule has 1 heterocycles. The molecule has 5 atom stereocenters. The molecule has 134 valence electrons. The van der Waals surface area contributed by atoms with Gasteiger partial charge in [-0.15, -0.1) is 0 Å². The lowest BCUT2D eigenvalue weighted by molar-refractivity contribution is -0.321. The molecule has 0 saturated carbocycles. The van der Waals surface area contributed by atoms with Crippen LogP contribution in [-0.4, -0.2) is 70.3 Å². The van der Waals surface area contributed by atoms with Gasteiger partial charge in [0.05, 0.1) is 20.1 Å². The van der Waals surface area contributed by atoms with Crippen LogP contribution in [0.15, 0.2) is 24.3 Å². The van der Waals surface area contributed by atoms with E-state index in [-0.39, 0.29) is 5.75 Å². The number of carbonyl (C=O) groups excluding carboxylic acids is 1. The van der Waals surface area contributed by atoms with E-state index < -0.39 is 49.2 Å². The quantitative estimate of drug-likeness (QED) is 0.314. The second-order valence-corrected chi connectivity index (χ2v) is 5.56. The predicted molar refractivity (Wildman–Crippen MR) is 80.8 cm³/mol. The summed E-state index contributed by atoms with van der Waals surface area (Å²) >= 11 is 0. The summed E-state index contributed by atoms with van der Waals surface area (Å²) in [5.41, 5.74) is 3.79. The van der Waals surface area contributed by atoms with Crippen molar-refractivity contribution in [1.29, 1.82) is 0 Å². The normalized spacial score (nSPS) is 33.0. The average Bonchev–Trinajstić information content (AvgIpc) is 2.57. The molecule has 1 aromatic rings. The minimum atomic E-state index is -2.28. The first-order chi connectivity index (χ1) is 11.3. The molecule has 2 rings (SSSR count). The summed E-state index contributed by atoms with van der Waals surface area (Å²) in [6.07, 6.45) is -6.83. The van der Waals surface area contributed by atoms with Gasteiger partial charge in [-0.2, -0.15) is 0 Å². The highest BCUT2D eigenvalue weighted by Gasteiger charge is 2.57. The van der Waals surface area contributed by atoms with Gasteiger partial charge in [0, 0.05) is 5.69 Å². The van der Waals surface area contributed by atoms with E-state index in [1.807, 2.05) is 0 Å². The monoisotopic (exact) mass is 343 g/mol. The standard InChI is InChI=1S/C15H21NO8/c1-22-11(18)6-15(21)13(20)12(19)10(7-17)24-14(15)23-9-4-2-8(16)3-5-9/h2-5,10,12-14,17,19-21H,6-7,16H2,1H3/t10-,12+,13+,14+,15-/m1/s1. The number of aliphatic hydroxyl groups excluding tert-OH is 3. The fourth-order valence-electron chi connectivity index (χ4n) is 2.44. The first-order valence-corrected chi connectivity index (χ1v) is 7.25. The van der Waals surface area contributed by atoms with Crippen molar-refractivity contribution in [2.45, 2.75) is 36.6 Å². The number of anilines is 1. The maximum atomic E-state index is 11.6. The summed E-state index contributed by atoms with van der Waals surface area (Å²) < 4.78 is 15.3. The van der Waals surface area contributed by atoms with Gasteiger partial charge in [0.15, 0.2) is 5.60 Å². The highest BCUT2D eigenvalue weighted by atomic mass is 16.7. The molecule has 0 aromatic heterocycles. The molecular formula is C15H21NO8. The van der Waals surface area contributed by atoms with Crippen molar-refractivity contribution in [3.8, 4) is 5.75 Å². The van der Waals surface area contributed by atoms with Crippen molar-refractivity contribution in [1.82, 2.24) is 0 Å². The highest BCUT2D eigenvalue weighted by Crippen LogP contribution is 2.34. The van der Waals surface area contributed by atoms with Crippen LogP contribution in [-0.2, 0) is 14.3 Å². The largest absolute Gasteiger partial charge is 0.469 e. The van der Waals surface area contributed by atoms with Crippen LogP contribution in [0.1, 0.15) is 6.42 Å². The summed E-state index contributed by atoms with van der Waals surface area (Å²) in [7, 11) is 1.12. The number of rotatable bonds is 5. The van der Waals surface area contributed by atoms with Crippen LogP contribution in [0.2, 0.25) is 0 Å². The molecule has 9 nitrogen and oxygen atoms in total. The van der Waals surface area contributed by atoms with Gasteiger partial charge in [-0.25, -0.2) is 0 Å². The summed E-state index contributed by atoms with van der Waals surface area (Å²) in [6.45, 7) is -0.617. The number of hydrogen-bond donors (Lipinski definition) is 5. The molecule has 0 radical (unpaired) electrons. The lowest BCUT2D eigenvalue weighted by atomic mass is 9.84. The Hall–Kier alpha value is -1.91. The zero-order valence-corrected chi connectivity index (χ0v) is 13.0. The minimum Gasteiger partial charge on any atom is -0.469 e. The average molecular weight is 343 g/mol. The summed E-state index contributed by atoms with van der Waals surface area (Å²) in [4.78, 5) is 11.6. The third-order valence-electron chi connectivity index (χ3n) is 3.88. The summed E-state index contributed by atoms with van der Waals surface area (Å²) in [5.74, 6) is -0.585. The lowest BCUT2D eigenvalue weighted by Crippen LogP contribution is -2.68. The van der Waals surface area contributed by atoms with Gasteiger partial charge in [0.2, 0.25) is 6.29 Å². The van der Waals surface area contributed by atoms with E-state index in [0.29, 0.717) is 5.69 Å². The van der Waals surface area contributed by atoms with Crippen molar-refractivity contribution in [2.24, 2.45) is 0 Å². The number of benzene rings is 1. The maximum Gasteiger partial charge on any atom is 0.308 e. The number of esters is 1. The van der Waals surface area contributed by atoms with Crippen LogP contribution >= 0.6 is 0 Å². The Morgan fingerprint density at radius 1 is 1.33 bits per heavy atom. The number of nitrogen functional groups attached to an aromatic ring is 1. The Morgan fingerprint density at radius 3 is 2.50 bits per heavy atom. The van der Waals surface area contributed by atoms with Crippen LogP contribution in [0.25, 0.3) is 0 Å². The number of ether oxygens (including phenoxy) is 3. The minimum absolute atomic E-state index is 0.248. The van der Waals surface area contributed by atoms with E-state index in [1.54, 1.807) is 12.1 Å². The Balaban J connectivity index is 2.30. The molecular weight excluding hydrogens is 322 g/mol. The fourth-order valence-corrected chi connectivity index (χ4v) is 2.44. The van der Waals surface area contributed by atoms with Gasteiger partial charge < -0.3 is 40.4 Å². The Bertz CT molecular complexity index is 565. The molecule has 1 saturated heterocycles. The molecule has 0 bridgehead atoms. The van der Waals surface area contributed by atoms with Gasteiger partial charge in [-0.3, -0.25) is 4.79 Å². The third-order valence-corrected chi connectivity index (χ3v) is 3.88. The number of hydrogen-bond acceptors (Lipinski definition) is 9. The molecule has 24 heavy (non-hydrogen) atoms. The fraction of sp³-hybridized carbons (Fsp3) is 0.533. The number of carbonyl (C=O) groups is 1. The Labute approximate surface area is 138 Å². The van der Waals surface area contributed by atoms with Crippen LogP contribution < -0.4 is 10.5 Å². The topological polar surface area (TPSA) is 152 Å². The van der Waals surface area contributed by atoms with Gasteiger partial charge in [0.25, 0.3) is 0 Å².